The van der Waals surface area contributed by atoms with Crippen LogP contribution in [0.5, 0.6) is 11.5 Å². The number of hydrogen-bond acceptors (Lipinski definition) is 6. The summed E-state index contributed by atoms with van der Waals surface area (Å²) < 4.78 is 41.0. The van der Waals surface area contributed by atoms with Gasteiger partial charge in [0, 0.05) is 17.1 Å². The lowest BCUT2D eigenvalue weighted by molar-refractivity contribution is 0.174. The molecule has 1 aromatic heterocycles. The summed E-state index contributed by atoms with van der Waals surface area (Å²) in [5.41, 5.74) is 2.25. The molecule has 0 bridgehead atoms. The van der Waals surface area contributed by atoms with Crippen molar-refractivity contribution in [2.45, 2.75) is 11.4 Å². The number of aromatic amines is 1. The summed E-state index contributed by atoms with van der Waals surface area (Å²) >= 11 is 11.4. The zero-order valence-electron chi connectivity index (χ0n) is 17.0. The standard InChI is InChI=1S/C22H17ClN4O4S2/c23-16-4-6-17(7-5-16)27-21(25-26-22(27)32)15-2-8-18(9-3-15)33(28,29)24-12-14-1-10-19-20(11-14)31-13-30-19/h1-11,24H,12-13H2,(H,26,32). The zero-order chi connectivity index (χ0) is 23.0. The molecule has 168 valence electrons. The molecule has 4 aromatic rings. The maximum atomic E-state index is 12.8. The minimum Gasteiger partial charge on any atom is -0.454 e. The van der Waals surface area contributed by atoms with Crippen LogP contribution < -0.4 is 14.2 Å². The Hall–Kier alpha value is -3.18. The summed E-state index contributed by atoms with van der Waals surface area (Å²) in [7, 11) is -3.73. The normalized spacial score (nSPS) is 12.8. The summed E-state index contributed by atoms with van der Waals surface area (Å²) in [6.07, 6.45) is 0. The molecular formula is C22H17ClN4O4S2. The Morgan fingerprint density at radius 1 is 1.03 bits per heavy atom. The van der Waals surface area contributed by atoms with E-state index in [0.29, 0.717) is 32.7 Å². The van der Waals surface area contributed by atoms with Gasteiger partial charge in [-0.1, -0.05) is 17.7 Å². The number of H-pyrrole nitrogens is 1. The molecule has 0 aliphatic carbocycles. The average Bonchev–Trinajstić information content (AvgIpc) is 3.44. The third kappa shape index (κ3) is 4.38. The number of rotatable bonds is 6. The van der Waals surface area contributed by atoms with Crippen LogP contribution in [0, 0.1) is 4.77 Å². The molecule has 0 unspecified atom stereocenters. The second-order valence-electron chi connectivity index (χ2n) is 7.20. The molecule has 0 saturated heterocycles. The van der Waals surface area contributed by atoms with Crippen molar-refractivity contribution >= 4 is 33.8 Å². The molecule has 0 radical (unpaired) electrons. The van der Waals surface area contributed by atoms with Gasteiger partial charge in [-0.2, -0.15) is 5.10 Å². The Morgan fingerprint density at radius 3 is 2.52 bits per heavy atom. The third-order valence-electron chi connectivity index (χ3n) is 5.08. The van der Waals surface area contributed by atoms with Gasteiger partial charge in [0.1, 0.15) is 0 Å². The van der Waals surface area contributed by atoms with E-state index in [2.05, 4.69) is 14.9 Å². The Bertz CT molecular complexity index is 1480. The van der Waals surface area contributed by atoms with Gasteiger partial charge in [-0.05, 0) is 78.4 Å². The second-order valence-corrected chi connectivity index (χ2v) is 9.79. The van der Waals surface area contributed by atoms with E-state index in [1.807, 2.05) is 12.1 Å². The highest BCUT2D eigenvalue weighted by Gasteiger charge is 2.18. The molecule has 1 aliphatic heterocycles. The largest absolute Gasteiger partial charge is 0.454 e. The van der Waals surface area contributed by atoms with E-state index in [0.717, 1.165) is 11.3 Å². The number of sulfonamides is 1. The predicted octanol–water partition coefficient (Wildman–Crippen LogP) is 4.46. The molecule has 3 aromatic carbocycles. The molecule has 11 heteroatoms. The molecule has 8 nitrogen and oxygen atoms in total. The Balaban J connectivity index is 1.36. The summed E-state index contributed by atoms with van der Waals surface area (Å²) in [5.74, 6) is 1.80. The number of nitrogens with one attached hydrogen (secondary N) is 2. The topological polar surface area (TPSA) is 98.2 Å². The first-order valence-electron chi connectivity index (χ1n) is 9.83. The number of aromatic nitrogens is 3. The zero-order valence-corrected chi connectivity index (χ0v) is 19.4. The monoisotopic (exact) mass is 500 g/mol. The smallest absolute Gasteiger partial charge is 0.240 e. The van der Waals surface area contributed by atoms with Gasteiger partial charge in [0.05, 0.1) is 10.6 Å². The van der Waals surface area contributed by atoms with Gasteiger partial charge in [0.15, 0.2) is 22.1 Å². The van der Waals surface area contributed by atoms with Crippen molar-refractivity contribution < 1.29 is 17.9 Å². The van der Waals surface area contributed by atoms with Crippen LogP contribution in [0.2, 0.25) is 5.02 Å². The van der Waals surface area contributed by atoms with Crippen molar-refractivity contribution in [1.29, 1.82) is 0 Å². The highest BCUT2D eigenvalue weighted by Crippen LogP contribution is 2.32. The van der Waals surface area contributed by atoms with E-state index in [9.17, 15) is 8.42 Å². The van der Waals surface area contributed by atoms with E-state index in [1.54, 1.807) is 47.0 Å². The van der Waals surface area contributed by atoms with Crippen LogP contribution in [0.3, 0.4) is 0 Å². The van der Waals surface area contributed by atoms with E-state index < -0.39 is 10.0 Å². The van der Waals surface area contributed by atoms with Crippen LogP contribution >= 0.6 is 23.8 Å². The molecule has 0 fully saturated rings. The highest BCUT2D eigenvalue weighted by atomic mass is 35.5. The van der Waals surface area contributed by atoms with Crippen LogP contribution in [-0.4, -0.2) is 30.0 Å². The molecule has 5 rings (SSSR count). The highest BCUT2D eigenvalue weighted by molar-refractivity contribution is 7.89. The number of hydrogen-bond donors (Lipinski definition) is 2. The first-order valence-corrected chi connectivity index (χ1v) is 12.1. The predicted molar refractivity (Wildman–Crippen MR) is 126 cm³/mol. The molecule has 1 aliphatic rings. The molecular weight excluding hydrogens is 484 g/mol. The van der Waals surface area contributed by atoms with Gasteiger partial charge in [-0.3, -0.25) is 9.67 Å². The van der Waals surface area contributed by atoms with Crippen molar-refractivity contribution in [2.75, 3.05) is 6.79 Å². The van der Waals surface area contributed by atoms with Crippen LogP contribution in [-0.2, 0) is 16.6 Å². The fraction of sp³-hybridized carbons (Fsp3) is 0.0909. The van der Waals surface area contributed by atoms with E-state index >= 15 is 0 Å². The number of nitrogens with zero attached hydrogens (tertiary/aromatic N) is 2. The lowest BCUT2D eigenvalue weighted by Gasteiger charge is -2.10. The summed E-state index contributed by atoms with van der Waals surface area (Å²) in [6, 6.07) is 18.9. The van der Waals surface area contributed by atoms with Crippen LogP contribution in [0.15, 0.2) is 71.6 Å². The summed E-state index contributed by atoms with van der Waals surface area (Å²) in [5, 5.41) is 7.70. The van der Waals surface area contributed by atoms with Gasteiger partial charge in [-0.25, -0.2) is 13.1 Å². The fourth-order valence-corrected chi connectivity index (χ4v) is 4.80. The quantitative estimate of drug-likeness (QED) is 0.379. The van der Waals surface area contributed by atoms with E-state index in [-0.39, 0.29) is 18.2 Å². The van der Waals surface area contributed by atoms with Gasteiger partial charge < -0.3 is 9.47 Å². The van der Waals surface area contributed by atoms with Gasteiger partial charge in [-0.15, -0.1) is 0 Å². The lowest BCUT2D eigenvalue weighted by atomic mass is 10.2. The SMILES string of the molecule is O=S(=O)(NCc1ccc2c(c1)OCO2)c1ccc(-c2n[nH]c(=S)n2-c2ccc(Cl)cc2)cc1. The van der Waals surface area contributed by atoms with Gasteiger partial charge in [0.2, 0.25) is 16.8 Å². The average molecular weight is 501 g/mol. The van der Waals surface area contributed by atoms with Crippen LogP contribution in [0.1, 0.15) is 5.56 Å². The Labute approximate surface area is 199 Å². The molecule has 0 spiro atoms. The number of halogens is 1. The van der Waals surface area contributed by atoms with Crippen molar-refractivity contribution in [2.24, 2.45) is 0 Å². The number of fused-ring (bicyclic) bond motifs is 1. The van der Waals surface area contributed by atoms with Crippen LogP contribution in [0.4, 0.5) is 0 Å². The molecule has 0 atom stereocenters. The number of benzene rings is 3. The summed E-state index contributed by atoms with van der Waals surface area (Å²) in [6.45, 7) is 0.286. The maximum Gasteiger partial charge on any atom is 0.240 e. The van der Waals surface area contributed by atoms with Crippen molar-refractivity contribution in [3.05, 3.63) is 82.1 Å². The van der Waals surface area contributed by atoms with Crippen LogP contribution in [0.25, 0.3) is 17.1 Å². The minimum atomic E-state index is -3.73. The van der Waals surface area contributed by atoms with Crippen molar-refractivity contribution in [3.8, 4) is 28.6 Å². The molecule has 0 saturated carbocycles. The fourth-order valence-electron chi connectivity index (χ4n) is 3.42. The summed E-state index contributed by atoms with van der Waals surface area (Å²) in [4.78, 5) is 0.138. The van der Waals surface area contributed by atoms with E-state index in [1.165, 1.54) is 12.1 Å². The third-order valence-corrected chi connectivity index (χ3v) is 7.03. The van der Waals surface area contributed by atoms with Crippen molar-refractivity contribution in [1.82, 2.24) is 19.5 Å². The van der Waals surface area contributed by atoms with E-state index in [4.69, 9.17) is 33.3 Å². The Morgan fingerprint density at radius 2 is 1.76 bits per heavy atom. The first-order chi connectivity index (χ1) is 15.9. The molecule has 2 N–H and O–H groups in total. The van der Waals surface area contributed by atoms with Crippen molar-refractivity contribution in [3.63, 3.8) is 0 Å². The Kier molecular flexibility index (Phi) is 5.67. The minimum absolute atomic E-state index is 0.121. The second kappa shape index (κ2) is 8.64. The van der Waals surface area contributed by atoms with Gasteiger partial charge in [0.25, 0.3) is 0 Å². The number of ether oxygens (including phenoxy) is 2. The first kappa shape index (κ1) is 21.7. The maximum absolute atomic E-state index is 12.8. The van der Waals surface area contributed by atoms with Gasteiger partial charge >= 0.3 is 0 Å². The molecule has 2 heterocycles. The lowest BCUT2D eigenvalue weighted by Crippen LogP contribution is -2.23. The molecule has 0 amide bonds. The molecule has 33 heavy (non-hydrogen) atoms.